The third-order valence-corrected chi connectivity index (χ3v) is 5.24. The summed E-state index contributed by atoms with van der Waals surface area (Å²) in [6.45, 7) is 5.03. The molecule has 0 spiro atoms. The van der Waals surface area contributed by atoms with Gasteiger partial charge in [-0.3, -0.25) is 4.79 Å². The first-order valence-corrected chi connectivity index (χ1v) is 10.2. The number of ether oxygens (including phenoxy) is 1. The second kappa shape index (κ2) is 9.61. The Morgan fingerprint density at radius 3 is 2.64 bits per heavy atom. The lowest BCUT2D eigenvalue weighted by atomic mass is 10.2. The molecule has 28 heavy (non-hydrogen) atoms. The number of anilines is 1. The maximum Gasteiger partial charge on any atom is 0.234 e. The van der Waals surface area contributed by atoms with Crippen molar-refractivity contribution in [2.45, 2.75) is 32.2 Å². The van der Waals surface area contributed by atoms with E-state index in [2.05, 4.69) is 15.5 Å². The number of nitrogens with one attached hydrogen (secondary N) is 1. The summed E-state index contributed by atoms with van der Waals surface area (Å²) in [6, 6.07) is 14.8. The molecule has 0 fully saturated rings. The molecule has 0 aliphatic carbocycles. The van der Waals surface area contributed by atoms with Gasteiger partial charge in [-0.2, -0.15) is 0 Å². The number of benzene rings is 2. The summed E-state index contributed by atoms with van der Waals surface area (Å²) in [5.74, 6) is 1.67. The van der Waals surface area contributed by atoms with Gasteiger partial charge in [0.15, 0.2) is 11.0 Å². The molecule has 0 unspecified atom stereocenters. The van der Waals surface area contributed by atoms with Gasteiger partial charge in [-0.05, 0) is 49.7 Å². The Balaban J connectivity index is 1.58. The molecule has 146 valence electrons. The minimum atomic E-state index is -0.115. The second-order valence-corrected chi connectivity index (χ2v) is 7.42. The summed E-state index contributed by atoms with van der Waals surface area (Å²) >= 11 is 7.20. The number of para-hydroxylation sites is 1. The standard InChI is InChI=1S/C20H21ClN4O2S/c1-3-25-18(12-27-17-7-5-4-6-14(17)2)23-24-20(25)28-13-19(26)22-16-10-8-15(21)9-11-16/h4-11H,3,12-13H2,1-2H3,(H,22,26). The molecule has 0 aliphatic heterocycles. The van der Waals surface area contributed by atoms with Crippen molar-refractivity contribution < 1.29 is 9.53 Å². The number of amides is 1. The molecule has 1 amide bonds. The Bertz CT molecular complexity index is 944. The largest absolute Gasteiger partial charge is 0.485 e. The normalized spacial score (nSPS) is 10.7. The SMILES string of the molecule is CCn1c(COc2ccccc2C)nnc1SCC(=O)Nc1ccc(Cl)cc1. The van der Waals surface area contributed by atoms with Crippen LogP contribution >= 0.6 is 23.4 Å². The zero-order valence-corrected chi connectivity index (χ0v) is 17.3. The fourth-order valence-corrected chi connectivity index (χ4v) is 3.52. The number of rotatable bonds is 8. The van der Waals surface area contributed by atoms with Crippen molar-refractivity contribution in [2.75, 3.05) is 11.1 Å². The van der Waals surface area contributed by atoms with Crippen LogP contribution < -0.4 is 10.1 Å². The fraction of sp³-hybridized carbons (Fsp3) is 0.250. The highest BCUT2D eigenvalue weighted by atomic mass is 35.5. The predicted octanol–water partition coefficient (Wildman–Crippen LogP) is 4.57. The maximum absolute atomic E-state index is 12.2. The smallest absolute Gasteiger partial charge is 0.234 e. The van der Waals surface area contributed by atoms with Gasteiger partial charge in [0, 0.05) is 17.3 Å². The van der Waals surface area contributed by atoms with Crippen LogP contribution in [0.2, 0.25) is 5.02 Å². The molecule has 8 heteroatoms. The number of carbonyl (C=O) groups excluding carboxylic acids is 1. The van der Waals surface area contributed by atoms with Crippen LogP contribution in [0.4, 0.5) is 5.69 Å². The highest BCUT2D eigenvalue weighted by molar-refractivity contribution is 7.99. The molecule has 2 aromatic carbocycles. The van der Waals surface area contributed by atoms with Crippen molar-refractivity contribution in [1.29, 1.82) is 0 Å². The summed E-state index contributed by atoms with van der Waals surface area (Å²) in [7, 11) is 0. The van der Waals surface area contributed by atoms with E-state index in [1.807, 2.05) is 42.7 Å². The van der Waals surface area contributed by atoms with Crippen LogP contribution in [-0.4, -0.2) is 26.4 Å². The van der Waals surface area contributed by atoms with Crippen LogP contribution in [0.3, 0.4) is 0 Å². The zero-order chi connectivity index (χ0) is 19.9. The molecule has 0 bridgehead atoms. The van der Waals surface area contributed by atoms with Crippen molar-refractivity contribution in [3.05, 3.63) is 64.9 Å². The first-order valence-electron chi connectivity index (χ1n) is 8.85. The van der Waals surface area contributed by atoms with E-state index in [9.17, 15) is 4.79 Å². The van der Waals surface area contributed by atoms with Gasteiger partial charge < -0.3 is 14.6 Å². The monoisotopic (exact) mass is 416 g/mol. The number of halogens is 1. The second-order valence-electron chi connectivity index (χ2n) is 6.04. The fourth-order valence-electron chi connectivity index (χ4n) is 2.57. The number of aromatic nitrogens is 3. The van der Waals surface area contributed by atoms with Gasteiger partial charge in [0.2, 0.25) is 5.91 Å². The summed E-state index contributed by atoms with van der Waals surface area (Å²) in [4.78, 5) is 12.2. The van der Waals surface area contributed by atoms with Gasteiger partial charge >= 0.3 is 0 Å². The first-order chi connectivity index (χ1) is 13.6. The molecule has 0 radical (unpaired) electrons. The molecule has 0 atom stereocenters. The molecule has 1 aromatic heterocycles. The van der Waals surface area contributed by atoms with E-state index >= 15 is 0 Å². The molecule has 6 nitrogen and oxygen atoms in total. The van der Waals surface area contributed by atoms with Gasteiger partial charge in [-0.25, -0.2) is 0 Å². The highest BCUT2D eigenvalue weighted by Gasteiger charge is 2.14. The Morgan fingerprint density at radius 2 is 1.93 bits per heavy atom. The summed E-state index contributed by atoms with van der Waals surface area (Å²) in [6.07, 6.45) is 0. The Hall–Kier alpha value is -2.51. The van der Waals surface area contributed by atoms with Crippen LogP contribution in [0, 0.1) is 6.92 Å². The van der Waals surface area contributed by atoms with Crippen molar-refractivity contribution in [3.63, 3.8) is 0 Å². The lowest BCUT2D eigenvalue weighted by molar-refractivity contribution is -0.113. The van der Waals surface area contributed by atoms with E-state index < -0.39 is 0 Å². The van der Waals surface area contributed by atoms with E-state index in [0.717, 1.165) is 17.1 Å². The number of nitrogens with zero attached hydrogens (tertiary/aromatic N) is 3. The molecule has 1 heterocycles. The number of hydrogen-bond acceptors (Lipinski definition) is 5. The van der Waals surface area contributed by atoms with Crippen molar-refractivity contribution in [1.82, 2.24) is 14.8 Å². The van der Waals surface area contributed by atoms with E-state index in [0.29, 0.717) is 29.0 Å². The average molecular weight is 417 g/mol. The Labute approximate surface area is 173 Å². The van der Waals surface area contributed by atoms with E-state index in [4.69, 9.17) is 16.3 Å². The number of carbonyl (C=O) groups is 1. The molecule has 3 rings (SSSR count). The van der Waals surface area contributed by atoms with E-state index in [-0.39, 0.29) is 11.7 Å². The zero-order valence-electron chi connectivity index (χ0n) is 15.7. The minimum absolute atomic E-state index is 0.115. The van der Waals surface area contributed by atoms with Crippen LogP contribution in [0.5, 0.6) is 5.75 Å². The molecule has 0 saturated carbocycles. The van der Waals surface area contributed by atoms with Crippen LogP contribution in [0.15, 0.2) is 53.7 Å². The number of aryl methyl sites for hydroxylation is 1. The van der Waals surface area contributed by atoms with Gasteiger partial charge in [0.05, 0.1) is 5.75 Å². The highest BCUT2D eigenvalue weighted by Crippen LogP contribution is 2.21. The summed E-state index contributed by atoms with van der Waals surface area (Å²) in [5.41, 5.74) is 1.78. The Morgan fingerprint density at radius 1 is 1.18 bits per heavy atom. The van der Waals surface area contributed by atoms with Gasteiger partial charge in [0.25, 0.3) is 0 Å². The molecule has 1 N–H and O–H groups in total. The van der Waals surface area contributed by atoms with Crippen molar-refractivity contribution in [2.24, 2.45) is 0 Å². The number of thioether (sulfide) groups is 1. The van der Waals surface area contributed by atoms with Crippen molar-refractivity contribution >= 4 is 35.0 Å². The van der Waals surface area contributed by atoms with Crippen LogP contribution in [0.25, 0.3) is 0 Å². The van der Waals surface area contributed by atoms with Crippen molar-refractivity contribution in [3.8, 4) is 5.75 Å². The third-order valence-electron chi connectivity index (χ3n) is 4.02. The van der Waals surface area contributed by atoms with Crippen LogP contribution in [-0.2, 0) is 17.9 Å². The lowest BCUT2D eigenvalue weighted by Crippen LogP contribution is -2.14. The maximum atomic E-state index is 12.2. The molecular weight excluding hydrogens is 396 g/mol. The van der Waals surface area contributed by atoms with E-state index in [1.54, 1.807) is 24.3 Å². The first kappa shape index (κ1) is 20.2. The summed E-state index contributed by atoms with van der Waals surface area (Å²) < 4.78 is 7.83. The van der Waals surface area contributed by atoms with Gasteiger partial charge in [0.1, 0.15) is 12.4 Å². The minimum Gasteiger partial charge on any atom is -0.485 e. The van der Waals surface area contributed by atoms with Gasteiger partial charge in [-0.1, -0.05) is 41.6 Å². The average Bonchev–Trinajstić information content (AvgIpc) is 3.09. The van der Waals surface area contributed by atoms with E-state index in [1.165, 1.54) is 11.8 Å². The molecule has 0 saturated heterocycles. The summed E-state index contributed by atoms with van der Waals surface area (Å²) in [5, 5.41) is 12.6. The molecular formula is C20H21ClN4O2S. The Kier molecular flexibility index (Phi) is 6.95. The predicted molar refractivity (Wildman–Crippen MR) is 112 cm³/mol. The number of hydrogen-bond donors (Lipinski definition) is 1. The molecule has 3 aromatic rings. The third kappa shape index (κ3) is 5.27. The molecule has 0 aliphatic rings. The van der Waals surface area contributed by atoms with Gasteiger partial charge in [-0.15, -0.1) is 10.2 Å². The topological polar surface area (TPSA) is 69.0 Å². The quantitative estimate of drug-likeness (QED) is 0.545. The lowest BCUT2D eigenvalue weighted by Gasteiger charge is -2.10. The van der Waals surface area contributed by atoms with Crippen LogP contribution in [0.1, 0.15) is 18.3 Å².